The van der Waals surface area contributed by atoms with Gasteiger partial charge in [0.2, 0.25) is 0 Å². The lowest BCUT2D eigenvalue weighted by molar-refractivity contribution is 0.602. The first-order valence-electron chi connectivity index (χ1n) is 7.00. The van der Waals surface area contributed by atoms with Crippen LogP contribution in [-0.4, -0.2) is 49.5 Å². The van der Waals surface area contributed by atoms with E-state index in [2.05, 4.69) is 27.1 Å². The fourth-order valence-electron chi connectivity index (χ4n) is 2.26. The molecule has 1 aliphatic rings. The van der Waals surface area contributed by atoms with Crippen molar-refractivity contribution in [3.8, 4) is 0 Å². The maximum atomic E-state index is 11.4. The number of aromatic nitrogens is 2. The third kappa shape index (κ3) is 4.06. The molecule has 2 heterocycles. The van der Waals surface area contributed by atoms with Crippen molar-refractivity contribution in [3.63, 3.8) is 0 Å². The van der Waals surface area contributed by atoms with E-state index in [0.717, 1.165) is 25.2 Å². The maximum Gasteiger partial charge on any atom is 0.152 e. The average Bonchev–Trinajstić information content (AvgIpc) is 2.75. The highest BCUT2D eigenvalue weighted by Crippen LogP contribution is 2.18. The summed E-state index contributed by atoms with van der Waals surface area (Å²) in [7, 11) is -0.869. The second-order valence-corrected chi connectivity index (χ2v) is 7.51. The Labute approximate surface area is 120 Å². The van der Waals surface area contributed by atoms with Crippen LogP contribution in [0.5, 0.6) is 0 Å². The van der Waals surface area contributed by atoms with Crippen LogP contribution in [-0.2, 0) is 9.84 Å². The first kappa shape index (κ1) is 15.0. The van der Waals surface area contributed by atoms with Crippen molar-refractivity contribution in [1.29, 1.82) is 0 Å². The van der Waals surface area contributed by atoms with Crippen molar-refractivity contribution in [2.75, 3.05) is 35.3 Å². The fourth-order valence-corrected chi connectivity index (χ4v) is 3.94. The van der Waals surface area contributed by atoms with Gasteiger partial charge in [-0.15, -0.1) is 0 Å². The van der Waals surface area contributed by atoms with Gasteiger partial charge in [0.15, 0.2) is 9.84 Å². The quantitative estimate of drug-likeness (QED) is 0.853. The molecule has 0 bridgehead atoms. The van der Waals surface area contributed by atoms with E-state index in [1.807, 2.05) is 13.1 Å². The minimum absolute atomic E-state index is 0.0382. The number of hydrogen-bond acceptors (Lipinski definition) is 6. The summed E-state index contributed by atoms with van der Waals surface area (Å²) in [5.41, 5.74) is 0. The molecule has 0 saturated carbocycles. The van der Waals surface area contributed by atoms with E-state index in [4.69, 9.17) is 0 Å². The smallest absolute Gasteiger partial charge is 0.152 e. The lowest BCUT2D eigenvalue weighted by Gasteiger charge is -2.19. The predicted molar refractivity (Wildman–Crippen MR) is 80.9 cm³/mol. The molecule has 1 aliphatic heterocycles. The second kappa shape index (κ2) is 6.39. The minimum atomic E-state index is -2.87. The third-order valence-corrected chi connectivity index (χ3v) is 5.24. The van der Waals surface area contributed by atoms with E-state index >= 15 is 0 Å². The molecular weight excluding hydrogens is 276 g/mol. The predicted octanol–water partition coefficient (Wildman–Crippen LogP) is 1.31. The molecule has 0 aliphatic carbocycles. The zero-order chi connectivity index (χ0) is 14.6. The summed E-state index contributed by atoms with van der Waals surface area (Å²) in [6.45, 7) is 3.10. The van der Waals surface area contributed by atoms with Gasteiger partial charge in [-0.05, 0) is 12.8 Å². The second-order valence-electron chi connectivity index (χ2n) is 5.28. The Bertz CT molecular complexity index is 547. The number of nitrogens with one attached hydrogen (secondary N) is 1. The minimum Gasteiger partial charge on any atom is -0.366 e. The lowest BCUT2D eigenvalue weighted by atomic mass is 10.2. The molecule has 1 unspecified atom stereocenters. The Hall–Kier alpha value is -1.37. The molecule has 20 heavy (non-hydrogen) atoms. The van der Waals surface area contributed by atoms with Gasteiger partial charge < -0.3 is 10.2 Å². The highest BCUT2D eigenvalue weighted by Gasteiger charge is 2.27. The molecule has 1 aromatic heterocycles. The Balaban J connectivity index is 1.99. The van der Waals surface area contributed by atoms with Gasteiger partial charge in [-0.25, -0.2) is 18.4 Å². The molecule has 1 N–H and O–H groups in total. The van der Waals surface area contributed by atoms with Crippen LogP contribution in [0.25, 0.3) is 0 Å². The first-order valence-corrected chi connectivity index (χ1v) is 8.82. The van der Waals surface area contributed by atoms with E-state index in [1.54, 1.807) is 0 Å². The summed E-state index contributed by atoms with van der Waals surface area (Å²) in [6.07, 6.45) is 4.42. The summed E-state index contributed by atoms with van der Waals surface area (Å²) in [5.74, 6) is 2.01. The normalized spacial score (nSPS) is 20.8. The van der Waals surface area contributed by atoms with E-state index in [-0.39, 0.29) is 17.5 Å². The zero-order valence-corrected chi connectivity index (χ0v) is 12.9. The summed E-state index contributed by atoms with van der Waals surface area (Å²) in [4.78, 5) is 10.5. The average molecular weight is 298 g/mol. The van der Waals surface area contributed by atoms with Crippen LogP contribution in [0.2, 0.25) is 0 Å². The molecule has 0 aromatic carbocycles. The molecule has 1 saturated heterocycles. The van der Waals surface area contributed by atoms with Gasteiger partial charge in [0.1, 0.15) is 18.0 Å². The van der Waals surface area contributed by atoms with Crippen LogP contribution in [0.15, 0.2) is 12.4 Å². The van der Waals surface area contributed by atoms with E-state index in [9.17, 15) is 8.42 Å². The van der Waals surface area contributed by atoms with Crippen LogP contribution in [0, 0.1) is 0 Å². The van der Waals surface area contributed by atoms with Crippen LogP contribution in [0.4, 0.5) is 11.6 Å². The fraction of sp³-hybridized carbons (Fsp3) is 0.692. The van der Waals surface area contributed by atoms with Crippen LogP contribution in [0.1, 0.15) is 26.2 Å². The van der Waals surface area contributed by atoms with E-state index in [1.165, 1.54) is 6.33 Å². The number of anilines is 2. The molecule has 1 atom stereocenters. The monoisotopic (exact) mass is 298 g/mol. The van der Waals surface area contributed by atoms with Crippen LogP contribution in [0.3, 0.4) is 0 Å². The summed E-state index contributed by atoms with van der Waals surface area (Å²) in [6, 6.07) is 1.84. The molecule has 1 aromatic rings. The topological polar surface area (TPSA) is 75.2 Å². The van der Waals surface area contributed by atoms with Crippen LogP contribution >= 0.6 is 0 Å². The summed E-state index contributed by atoms with van der Waals surface area (Å²) in [5, 5.41) is 3.19. The number of unbranched alkanes of at least 4 members (excludes halogenated alkanes) is 1. The number of rotatable bonds is 6. The van der Waals surface area contributed by atoms with Crippen molar-refractivity contribution in [2.24, 2.45) is 0 Å². The first-order chi connectivity index (χ1) is 9.50. The molecule has 0 amide bonds. The van der Waals surface area contributed by atoms with Gasteiger partial charge >= 0.3 is 0 Å². The Morgan fingerprint density at radius 1 is 1.45 bits per heavy atom. The van der Waals surface area contributed by atoms with Crippen molar-refractivity contribution in [2.45, 2.75) is 32.2 Å². The van der Waals surface area contributed by atoms with E-state index in [0.29, 0.717) is 12.2 Å². The number of nitrogens with zero attached hydrogens (tertiary/aromatic N) is 3. The maximum absolute atomic E-state index is 11.4. The standard InChI is InChI=1S/C13H22N4O2S/c1-3-4-6-17(2)13-8-12(14-10-15-13)16-11-5-7-20(18,19)9-11/h8,10-11H,3-7,9H2,1-2H3,(H,14,15,16). The zero-order valence-electron chi connectivity index (χ0n) is 12.0. The van der Waals surface area contributed by atoms with Gasteiger partial charge in [0.25, 0.3) is 0 Å². The summed E-state index contributed by atoms with van der Waals surface area (Å²) < 4.78 is 22.9. The van der Waals surface area contributed by atoms with Crippen molar-refractivity contribution < 1.29 is 8.42 Å². The number of sulfone groups is 1. The van der Waals surface area contributed by atoms with Crippen molar-refractivity contribution in [3.05, 3.63) is 12.4 Å². The summed E-state index contributed by atoms with van der Waals surface area (Å²) >= 11 is 0. The Morgan fingerprint density at radius 2 is 2.25 bits per heavy atom. The number of hydrogen-bond donors (Lipinski definition) is 1. The molecule has 112 valence electrons. The van der Waals surface area contributed by atoms with Gasteiger partial charge in [0.05, 0.1) is 11.5 Å². The molecule has 0 radical (unpaired) electrons. The molecule has 2 rings (SSSR count). The van der Waals surface area contributed by atoms with Gasteiger partial charge in [-0.3, -0.25) is 0 Å². The Morgan fingerprint density at radius 3 is 2.90 bits per heavy atom. The van der Waals surface area contributed by atoms with Gasteiger partial charge in [-0.1, -0.05) is 13.3 Å². The van der Waals surface area contributed by atoms with Gasteiger partial charge in [-0.2, -0.15) is 0 Å². The molecule has 0 spiro atoms. The molecule has 1 fully saturated rings. The molecule has 6 nitrogen and oxygen atoms in total. The highest BCUT2D eigenvalue weighted by molar-refractivity contribution is 7.91. The lowest BCUT2D eigenvalue weighted by Crippen LogP contribution is -2.23. The van der Waals surface area contributed by atoms with Crippen molar-refractivity contribution >= 4 is 21.5 Å². The third-order valence-electron chi connectivity index (χ3n) is 3.48. The van der Waals surface area contributed by atoms with Crippen molar-refractivity contribution in [1.82, 2.24) is 9.97 Å². The van der Waals surface area contributed by atoms with E-state index < -0.39 is 9.84 Å². The SMILES string of the molecule is CCCCN(C)c1cc(NC2CCS(=O)(=O)C2)ncn1. The van der Waals surface area contributed by atoms with Crippen LogP contribution < -0.4 is 10.2 Å². The Kier molecular flexibility index (Phi) is 4.80. The van der Waals surface area contributed by atoms with Gasteiger partial charge in [0, 0.05) is 25.7 Å². The largest absolute Gasteiger partial charge is 0.366 e. The molecule has 7 heteroatoms. The highest BCUT2D eigenvalue weighted by atomic mass is 32.2. The molecular formula is C13H22N4O2S.